The molecule has 1 rings (SSSR count). The summed E-state index contributed by atoms with van der Waals surface area (Å²) in [4.78, 5) is 0. The van der Waals surface area contributed by atoms with Crippen LogP contribution < -0.4 is 5.73 Å². The van der Waals surface area contributed by atoms with Crippen molar-refractivity contribution in [1.82, 2.24) is 0 Å². The Morgan fingerprint density at radius 2 is 1.87 bits per heavy atom. The first-order valence-electron chi connectivity index (χ1n) is 4.67. The molecule has 0 bridgehead atoms. The first-order valence-corrected chi connectivity index (χ1v) is 4.67. The van der Waals surface area contributed by atoms with Crippen LogP contribution in [0.25, 0.3) is 0 Å². The maximum Gasteiger partial charge on any atom is 0.245 e. The van der Waals surface area contributed by atoms with Gasteiger partial charge in [0.15, 0.2) is 0 Å². The number of hydrogen-bond acceptors (Lipinski definition) is 5. The summed E-state index contributed by atoms with van der Waals surface area (Å²) in [6.45, 7) is 0.460. The standard InChI is InChI=1S/C10H17NO4/c1-14-9(12)5-3-8(4-6-11)7-10(9,13)15-2/h3,5,7,12-13H,4,6,11H2,1-2H3. The van der Waals surface area contributed by atoms with Gasteiger partial charge in [0, 0.05) is 14.2 Å². The Balaban J connectivity index is 3.00. The van der Waals surface area contributed by atoms with Gasteiger partial charge in [0.1, 0.15) is 0 Å². The first kappa shape index (κ1) is 12.4. The van der Waals surface area contributed by atoms with Crippen molar-refractivity contribution >= 4 is 0 Å². The summed E-state index contributed by atoms with van der Waals surface area (Å²) >= 11 is 0. The Hall–Kier alpha value is -0.720. The van der Waals surface area contributed by atoms with Gasteiger partial charge in [-0.1, -0.05) is 6.08 Å². The molecule has 0 radical (unpaired) electrons. The summed E-state index contributed by atoms with van der Waals surface area (Å²) in [5, 5.41) is 20.0. The zero-order valence-corrected chi connectivity index (χ0v) is 8.93. The summed E-state index contributed by atoms with van der Waals surface area (Å²) in [5.74, 6) is -3.74. The van der Waals surface area contributed by atoms with Crippen molar-refractivity contribution in [3.05, 3.63) is 23.8 Å². The molecule has 0 spiro atoms. The number of aliphatic hydroxyl groups is 2. The van der Waals surface area contributed by atoms with Crippen molar-refractivity contribution in [3.63, 3.8) is 0 Å². The molecule has 1 aliphatic rings. The van der Waals surface area contributed by atoms with Gasteiger partial charge in [-0.05, 0) is 30.7 Å². The molecule has 2 atom stereocenters. The van der Waals surface area contributed by atoms with Crippen molar-refractivity contribution in [2.75, 3.05) is 20.8 Å². The van der Waals surface area contributed by atoms with Crippen molar-refractivity contribution < 1.29 is 19.7 Å². The molecule has 0 aliphatic heterocycles. The van der Waals surface area contributed by atoms with Crippen LogP contribution in [-0.2, 0) is 9.47 Å². The summed E-state index contributed by atoms with van der Waals surface area (Å²) in [5.41, 5.74) is 6.19. The summed E-state index contributed by atoms with van der Waals surface area (Å²) in [6, 6.07) is 0. The Morgan fingerprint density at radius 1 is 1.27 bits per heavy atom. The van der Waals surface area contributed by atoms with Crippen LogP contribution >= 0.6 is 0 Å². The highest BCUT2D eigenvalue weighted by atomic mass is 16.7. The fourth-order valence-corrected chi connectivity index (χ4v) is 1.48. The van der Waals surface area contributed by atoms with E-state index in [0.29, 0.717) is 13.0 Å². The number of methoxy groups -OCH3 is 2. The lowest BCUT2D eigenvalue weighted by atomic mass is 9.94. The minimum Gasteiger partial charge on any atom is -0.358 e. The molecule has 0 fully saturated rings. The van der Waals surface area contributed by atoms with Crippen LogP contribution in [0.4, 0.5) is 0 Å². The summed E-state index contributed by atoms with van der Waals surface area (Å²) in [7, 11) is 2.58. The van der Waals surface area contributed by atoms with Gasteiger partial charge in [-0.15, -0.1) is 0 Å². The van der Waals surface area contributed by atoms with E-state index in [1.54, 1.807) is 6.08 Å². The molecule has 5 nitrogen and oxygen atoms in total. The molecule has 0 aromatic carbocycles. The summed E-state index contributed by atoms with van der Waals surface area (Å²) < 4.78 is 9.70. The predicted octanol–water partition coefficient (Wildman–Crippen LogP) is -0.499. The smallest absolute Gasteiger partial charge is 0.245 e. The molecule has 2 unspecified atom stereocenters. The van der Waals surface area contributed by atoms with Crippen LogP contribution in [0, 0.1) is 0 Å². The zero-order valence-electron chi connectivity index (χ0n) is 8.93. The van der Waals surface area contributed by atoms with E-state index < -0.39 is 11.6 Å². The van der Waals surface area contributed by atoms with Crippen molar-refractivity contribution in [1.29, 1.82) is 0 Å². The van der Waals surface area contributed by atoms with Gasteiger partial charge in [-0.25, -0.2) is 0 Å². The zero-order chi connectivity index (χ0) is 11.5. The highest BCUT2D eigenvalue weighted by molar-refractivity contribution is 5.32. The predicted molar refractivity (Wildman–Crippen MR) is 54.8 cm³/mol. The van der Waals surface area contributed by atoms with E-state index in [-0.39, 0.29) is 0 Å². The van der Waals surface area contributed by atoms with Crippen LogP contribution in [0.5, 0.6) is 0 Å². The van der Waals surface area contributed by atoms with E-state index in [9.17, 15) is 10.2 Å². The summed E-state index contributed by atoms with van der Waals surface area (Å²) in [6.07, 6.45) is 5.01. The number of rotatable bonds is 4. The first-order chi connectivity index (χ1) is 7.01. The van der Waals surface area contributed by atoms with Gasteiger partial charge < -0.3 is 25.4 Å². The molecule has 0 saturated carbocycles. The second-order valence-corrected chi connectivity index (χ2v) is 3.39. The molecule has 1 aliphatic carbocycles. The van der Waals surface area contributed by atoms with Crippen molar-refractivity contribution in [2.45, 2.75) is 18.0 Å². The van der Waals surface area contributed by atoms with E-state index in [4.69, 9.17) is 15.2 Å². The largest absolute Gasteiger partial charge is 0.358 e. The molecule has 0 aromatic heterocycles. The molecule has 4 N–H and O–H groups in total. The average Bonchev–Trinajstić information content (AvgIpc) is 2.24. The Kier molecular flexibility index (Phi) is 3.64. The lowest BCUT2D eigenvalue weighted by Gasteiger charge is -2.39. The number of allylic oxidation sites excluding steroid dienone is 1. The monoisotopic (exact) mass is 215 g/mol. The fourth-order valence-electron chi connectivity index (χ4n) is 1.48. The molecule has 15 heavy (non-hydrogen) atoms. The molecular formula is C10H17NO4. The van der Waals surface area contributed by atoms with Gasteiger partial charge in [-0.2, -0.15) is 0 Å². The van der Waals surface area contributed by atoms with Gasteiger partial charge in [0.25, 0.3) is 0 Å². The third-order valence-corrected chi connectivity index (χ3v) is 2.47. The van der Waals surface area contributed by atoms with Crippen LogP contribution in [0.15, 0.2) is 23.8 Å². The van der Waals surface area contributed by atoms with Gasteiger partial charge in [-0.3, -0.25) is 0 Å². The Bertz CT molecular complexity index is 289. The van der Waals surface area contributed by atoms with Crippen LogP contribution in [0.2, 0.25) is 0 Å². The fraction of sp³-hybridized carbons (Fsp3) is 0.600. The third kappa shape index (κ3) is 2.11. The SMILES string of the molecule is COC1(O)C=CC(CCN)=CC1(O)OC. The van der Waals surface area contributed by atoms with E-state index in [2.05, 4.69) is 0 Å². The Labute approximate surface area is 88.8 Å². The van der Waals surface area contributed by atoms with E-state index >= 15 is 0 Å². The van der Waals surface area contributed by atoms with Crippen molar-refractivity contribution in [2.24, 2.45) is 5.73 Å². The van der Waals surface area contributed by atoms with E-state index in [0.717, 1.165) is 5.57 Å². The maximum atomic E-state index is 10.0. The van der Waals surface area contributed by atoms with Gasteiger partial charge in [0.2, 0.25) is 11.6 Å². The Morgan fingerprint density at radius 3 is 2.33 bits per heavy atom. The quantitative estimate of drug-likeness (QED) is 0.551. The average molecular weight is 215 g/mol. The molecule has 0 saturated heterocycles. The number of nitrogens with two attached hydrogens (primary N) is 1. The lowest BCUT2D eigenvalue weighted by molar-refractivity contribution is -0.328. The minimum atomic E-state index is -1.87. The van der Waals surface area contributed by atoms with Crippen LogP contribution in [0.1, 0.15) is 6.42 Å². The van der Waals surface area contributed by atoms with Crippen LogP contribution in [-0.4, -0.2) is 42.6 Å². The minimum absolute atomic E-state index is 0.460. The normalized spacial score (nSPS) is 35.4. The van der Waals surface area contributed by atoms with E-state index in [1.165, 1.54) is 26.4 Å². The molecule has 5 heteroatoms. The lowest BCUT2D eigenvalue weighted by Crippen LogP contribution is -2.55. The highest BCUT2D eigenvalue weighted by Crippen LogP contribution is 2.33. The van der Waals surface area contributed by atoms with Gasteiger partial charge in [0.05, 0.1) is 0 Å². The molecular weight excluding hydrogens is 198 g/mol. The molecule has 0 aromatic rings. The third-order valence-electron chi connectivity index (χ3n) is 2.47. The van der Waals surface area contributed by atoms with Crippen LogP contribution in [0.3, 0.4) is 0 Å². The highest BCUT2D eigenvalue weighted by Gasteiger charge is 2.49. The van der Waals surface area contributed by atoms with E-state index in [1.807, 2.05) is 0 Å². The number of ether oxygens (including phenoxy) is 2. The van der Waals surface area contributed by atoms with Gasteiger partial charge >= 0.3 is 0 Å². The second kappa shape index (κ2) is 4.42. The molecule has 0 amide bonds. The number of hydrogen-bond donors (Lipinski definition) is 3. The molecule has 0 heterocycles. The molecule has 86 valence electrons. The maximum absolute atomic E-state index is 10.0. The second-order valence-electron chi connectivity index (χ2n) is 3.39. The topological polar surface area (TPSA) is 84.9 Å². The van der Waals surface area contributed by atoms with Crippen molar-refractivity contribution in [3.8, 4) is 0 Å².